The van der Waals surface area contributed by atoms with Crippen LogP contribution in [0.15, 0.2) is 57.9 Å². The highest BCUT2D eigenvalue weighted by molar-refractivity contribution is 9.10. The standard InChI is InChI=1S/C17H19BrN2OS/c1-20(2)15-7-3-13(4-8-15)11-19-17(21)12-22-16-9-5-14(18)6-10-16/h3-10H,11-12H2,1-2H3,(H,19,21). The summed E-state index contributed by atoms with van der Waals surface area (Å²) in [4.78, 5) is 15.0. The largest absolute Gasteiger partial charge is 0.378 e. The minimum atomic E-state index is 0.0459. The second kappa shape index (κ2) is 8.25. The molecule has 0 saturated heterocycles. The van der Waals surface area contributed by atoms with Gasteiger partial charge in [-0.15, -0.1) is 11.8 Å². The Hall–Kier alpha value is -1.46. The van der Waals surface area contributed by atoms with Crippen LogP contribution in [-0.2, 0) is 11.3 Å². The van der Waals surface area contributed by atoms with Crippen molar-refractivity contribution in [2.24, 2.45) is 0 Å². The van der Waals surface area contributed by atoms with Crippen molar-refractivity contribution in [1.82, 2.24) is 5.32 Å². The van der Waals surface area contributed by atoms with Crippen LogP contribution < -0.4 is 10.2 Å². The van der Waals surface area contributed by atoms with Crippen LogP contribution in [0.5, 0.6) is 0 Å². The van der Waals surface area contributed by atoms with E-state index in [-0.39, 0.29) is 5.91 Å². The van der Waals surface area contributed by atoms with Crippen LogP contribution in [0.1, 0.15) is 5.56 Å². The maximum Gasteiger partial charge on any atom is 0.230 e. The predicted octanol–water partition coefficient (Wildman–Crippen LogP) is 3.92. The van der Waals surface area contributed by atoms with Crippen molar-refractivity contribution in [2.75, 3.05) is 24.7 Å². The van der Waals surface area contributed by atoms with Gasteiger partial charge in [0.2, 0.25) is 5.91 Å². The summed E-state index contributed by atoms with van der Waals surface area (Å²) in [6.07, 6.45) is 0. The number of carbonyl (C=O) groups excluding carboxylic acids is 1. The van der Waals surface area contributed by atoms with Gasteiger partial charge < -0.3 is 10.2 Å². The molecular weight excluding hydrogens is 360 g/mol. The van der Waals surface area contributed by atoms with Crippen LogP contribution in [0, 0.1) is 0 Å². The van der Waals surface area contributed by atoms with Crippen LogP contribution in [0.4, 0.5) is 5.69 Å². The maximum absolute atomic E-state index is 11.9. The molecule has 5 heteroatoms. The Morgan fingerprint density at radius 3 is 2.32 bits per heavy atom. The van der Waals surface area contributed by atoms with Crippen molar-refractivity contribution in [2.45, 2.75) is 11.4 Å². The number of carbonyl (C=O) groups is 1. The second-order valence-corrected chi connectivity index (χ2v) is 7.04. The van der Waals surface area contributed by atoms with E-state index in [1.807, 2.05) is 50.5 Å². The molecule has 0 saturated carbocycles. The van der Waals surface area contributed by atoms with Crippen LogP contribution in [0.25, 0.3) is 0 Å². The first-order valence-corrected chi connectivity index (χ1v) is 8.74. The van der Waals surface area contributed by atoms with Crippen molar-refractivity contribution < 1.29 is 4.79 Å². The monoisotopic (exact) mass is 378 g/mol. The molecule has 0 bridgehead atoms. The average molecular weight is 379 g/mol. The first-order chi connectivity index (χ1) is 10.5. The SMILES string of the molecule is CN(C)c1ccc(CNC(=O)CSc2ccc(Br)cc2)cc1. The zero-order valence-corrected chi connectivity index (χ0v) is 15.1. The predicted molar refractivity (Wildman–Crippen MR) is 97.5 cm³/mol. The van der Waals surface area contributed by atoms with Gasteiger partial charge in [0.25, 0.3) is 0 Å². The topological polar surface area (TPSA) is 32.3 Å². The van der Waals surface area contributed by atoms with E-state index in [2.05, 4.69) is 38.3 Å². The number of benzene rings is 2. The van der Waals surface area contributed by atoms with Crippen LogP contribution >= 0.6 is 27.7 Å². The molecule has 22 heavy (non-hydrogen) atoms. The van der Waals surface area contributed by atoms with Gasteiger partial charge >= 0.3 is 0 Å². The molecule has 0 spiro atoms. The van der Waals surface area contributed by atoms with Crippen molar-refractivity contribution in [3.05, 3.63) is 58.6 Å². The third-order valence-corrected chi connectivity index (χ3v) is 4.67. The quantitative estimate of drug-likeness (QED) is 0.773. The molecule has 0 aromatic heterocycles. The molecule has 0 aliphatic rings. The summed E-state index contributed by atoms with van der Waals surface area (Å²) in [6.45, 7) is 0.563. The third kappa shape index (κ3) is 5.39. The van der Waals surface area contributed by atoms with E-state index in [0.29, 0.717) is 12.3 Å². The summed E-state index contributed by atoms with van der Waals surface area (Å²) in [7, 11) is 4.02. The molecule has 0 heterocycles. The Morgan fingerprint density at radius 2 is 1.73 bits per heavy atom. The van der Waals surface area contributed by atoms with Gasteiger partial charge in [0, 0.05) is 35.7 Å². The lowest BCUT2D eigenvalue weighted by molar-refractivity contribution is -0.118. The van der Waals surface area contributed by atoms with Gasteiger partial charge in [-0.2, -0.15) is 0 Å². The van der Waals surface area contributed by atoms with Crippen LogP contribution in [0.3, 0.4) is 0 Å². The Morgan fingerprint density at radius 1 is 1.09 bits per heavy atom. The molecule has 0 atom stereocenters. The Labute approximate surface area is 144 Å². The highest BCUT2D eigenvalue weighted by atomic mass is 79.9. The molecule has 2 rings (SSSR count). The number of hydrogen-bond acceptors (Lipinski definition) is 3. The van der Waals surface area contributed by atoms with Gasteiger partial charge in [0.1, 0.15) is 0 Å². The fourth-order valence-electron chi connectivity index (χ4n) is 1.84. The number of hydrogen-bond donors (Lipinski definition) is 1. The number of nitrogens with one attached hydrogen (secondary N) is 1. The van der Waals surface area contributed by atoms with E-state index in [1.54, 1.807) is 0 Å². The summed E-state index contributed by atoms with van der Waals surface area (Å²) in [6, 6.07) is 16.1. The van der Waals surface area contributed by atoms with Crippen molar-refractivity contribution in [3.63, 3.8) is 0 Å². The molecule has 2 aromatic rings. The Bertz CT molecular complexity index is 612. The molecule has 2 aromatic carbocycles. The summed E-state index contributed by atoms with van der Waals surface area (Å²) in [5, 5.41) is 2.95. The van der Waals surface area contributed by atoms with E-state index in [0.717, 1.165) is 20.6 Å². The molecule has 0 aliphatic carbocycles. The zero-order chi connectivity index (χ0) is 15.9. The van der Waals surface area contributed by atoms with E-state index in [1.165, 1.54) is 11.8 Å². The van der Waals surface area contributed by atoms with Crippen molar-refractivity contribution >= 4 is 39.3 Å². The first-order valence-electron chi connectivity index (χ1n) is 6.96. The van der Waals surface area contributed by atoms with Crippen molar-refractivity contribution in [1.29, 1.82) is 0 Å². The highest BCUT2D eigenvalue weighted by Crippen LogP contribution is 2.20. The molecule has 0 fully saturated rings. The van der Waals surface area contributed by atoms with Gasteiger partial charge in [0.15, 0.2) is 0 Å². The fraction of sp³-hybridized carbons (Fsp3) is 0.235. The minimum Gasteiger partial charge on any atom is -0.378 e. The molecule has 0 unspecified atom stereocenters. The lowest BCUT2D eigenvalue weighted by Crippen LogP contribution is -2.24. The Kier molecular flexibility index (Phi) is 6.34. The average Bonchev–Trinajstić information content (AvgIpc) is 2.52. The number of thioether (sulfide) groups is 1. The molecule has 1 amide bonds. The molecule has 3 nitrogen and oxygen atoms in total. The summed E-state index contributed by atoms with van der Waals surface area (Å²) < 4.78 is 1.04. The van der Waals surface area contributed by atoms with Gasteiger partial charge in [-0.1, -0.05) is 28.1 Å². The molecule has 0 aliphatic heterocycles. The number of nitrogens with zero attached hydrogens (tertiary/aromatic N) is 1. The van der Waals surface area contributed by atoms with Gasteiger partial charge in [-0.25, -0.2) is 0 Å². The lowest BCUT2D eigenvalue weighted by atomic mass is 10.2. The number of rotatable bonds is 6. The van der Waals surface area contributed by atoms with Crippen molar-refractivity contribution in [3.8, 4) is 0 Å². The highest BCUT2D eigenvalue weighted by Gasteiger charge is 2.03. The first kappa shape index (κ1) is 16.9. The molecular formula is C17H19BrN2OS. The third-order valence-electron chi connectivity index (χ3n) is 3.13. The number of amides is 1. The Balaban J connectivity index is 1.76. The smallest absolute Gasteiger partial charge is 0.230 e. The number of anilines is 1. The molecule has 0 radical (unpaired) electrons. The summed E-state index contributed by atoms with van der Waals surface area (Å²) >= 11 is 4.94. The molecule has 116 valence electrons. The molecule has 1 N–H and O–H groups in total. The van der Waals surface area contributed by atoms with Crippen LogP contribution in [-0.4, -0.2) is 25.8 Å². The summed E-state index contributed by atoms with van der Waals surface area (Å²) in [5.74, 6) is 0.474. The van der Waals surface area contributed by atoms with E-state index in [4.69, 9.17) is 0 Å². The van der Waals surface area contributed by atoms with Gasteiger partial charge in [0.05, 0.1) is 5.75 Å². The second-order valence-electron chi connectivity index (χ2n) is 5.08. The lowest BCUT2D eigenvalue weighted by Gasteiger charge is -2.13. The van der Waals surface area contributed by atoms with Crippen LogP contribution in [0.2, 0.25) is 0 Å². The fourth-order valence-corrected chi connectivity index (χ4v) is 2.84. The zero-order valence-electron chi connectivity index (χ0n) is 12.7. The number of halogens is 1. The minimum absolute atomic E-state index is 0.0459. The normalized spacial score (nSPS) is 10.3. The van der Waals surface area contributed by atoms with E-state index in [9.17, 15) is 4.79 Å². The van der Waals surface area contributed by atoms with E-state index < -0.39 is 0 Å². The van der Waals surface area contributed by atoms with E-state index >= 15 is 0 Å². The summed E-state index contributed by atoms with van der Waals surface area (Å²) in [5.41, 5.74) is 2.26. The maximum atomic E-state index is 11.9. The van der Waals surface area contributed by atoms with Gasteiger partial charge in [-0.05, 0) is 42.0 Å². The van der Waals surface area contributed by atoms with Gasteiger partial charge in [-0.3, -0.25) is 4.79 Å².